The Bertz CT molecular complexity index is 1120. The highest BCUT2D eigenvalue weighted by Crippen LogP contribution is 2.27. The molecule has 4 heterocycles. The van der Waals surface area contributed by atoms with Gasteiger partial charge in [0.1, 0.15) is 5.82 Å². The lowest BCUT2D eigenvalue weighted by molar-refractivity contribution is -0.120. The Morgan fingerprint density at radius 2 is 1.97 bits per heavy atom. The molecule has 1 saturated heterocycles. The molecule has 0 spiro atoms. The molecule has 3 aromatic heterocycles. The fourth-order valence-electron chi connectivity index (χ4n) is 3.66. The molecule has 7 nitrogen and oxygen atoms in total. The lowest BCUT2D eigenvalue weighted by atomic mass is 9.96. The number of hydrogen-bond acceptors (Lipinski definition) is 6. The van der Waals surface area contributed by atoms with Crippen LogP contribution in [0.1, 0.15) is 12.8 Å². The molecular weight excluding hydrogens is 384 g/mol. The van der Waals surface area contributed by atoms with Crippen molar-refractivity contribution in [2.45, 2.75) is 12.8 Å². The van der Waals surface area contributed by atoms with Gasteiger partial charge in [0.05, 0.1) is 15.9 Å². The highest BCUT2D eigenvalue weighted by molar-refractivity contribution is 7.13. The van der Waals surface area contributed by atoms with Crippen LogP contribution in [0.2, 0.25) is 0 Å². The number of anilines is 2. The molecule has 1 aliphatic heterocycles. The first-order valence-corrected chi connectivity index (χ1v) is 10.5. The lowest BCUT2D eigenvalue weighted by Gasteiger charge is -2.31. The zero-order valence-electron chi connectivity index (χ0n) is 15.7. The molecule has 2 N–H and O–H groups in total. The van der Waals surface area contributed by atoms with Crippen LogP contribution in [0.5, 0.6) is 0 Å². The second-order valence-electron chi connectivity index (χ2n) is 7.09. The maximum atomic E-state index is 12.8. The van der Waals surface area contributed by atoms with Gasteiger partial charge in [0.25, 0.3) is 0 Å². The average Bonchev–Trinajstić information content (AvgIpc) is 3.44. The Morgan fingerprint density at radius 1 is 1.14 bits per heavy atom. The van der Waals surface area contributed by atoms with Crippen molar-refractivity contribution >= 4 is 39.9 Å². The van der Waals surface area contributed by atoms with E-state index in [1.807, 2.05) is 41.8 Å². The molecule has 1 aliphatic rings. The molecular formula is C21H20N6OS. The number of fused-ring (bicyclic) bond motifs is 1. The lowest BCUT2D eigenvalue weighted by Crippen LogP contribution is -2.39. The van der Waals surface area contributed by atoms with Crippen molar-refractivity contribution in [3.63, 3.8) is 0 Å². The first kappa shape index (κ1) is 17.8. The number of nitrogens with one attached hydrogen (secondary N) is 2. The third kappa shape index (κ3) is 3.71. The highest BCUT2D eigenvalue weighted by atomic mass is 32.1. The van der Waals surface area contributed by atoms with Crippen LogP contribution in [0, 0.1) is 5.92 Å². The Hall–Kier alpha value is -3.26. The molecule has 0 atom stereocenters. The van der Waals surface area contributed by atoms with Crippen molar-refractivity contribution in [3.05, 3.63) is 54.2 Å². The molecule has 8 heteroatoms. The van der Waals surface area contributed by atoms with Crippen LogP contribution in [-0.4, -0.2) is 38.9 Å². The molecule has 1 fully saturated rings. The summed E-state index contributed by atoms with van der Waals surface area (Å²) < 4.78 is 0. The van der Waals surface area contributed by atoms with Gasteiger partial charge in [0, 0.05) is 37.1 Å². The number of thiophene rings is 1. The Kier molecular flexibility index (Phi) is 4.69. The largest absolute Gasteiger partial charge is 0.341 e. The van der Waals surface area contributed by atoms with E-state index in [9.17, 15) is 4.79 Å². The first-order valence-electron chi connectivity index (χ1n) is 9.63. The van der Waals surface area contributed by atoms with E-state index >= 15 is 0 Å². The van der Waals surface area contributed by atoms with Gasteiger partial charge in [0.2, 0.25) is 11.9 Å². The van der Waals surface area contributed by atoms with E-state index in [0.29, 0.717) is 0 Å². The van der Waals surface area contributed by atoms with E-state index < -0.39 is 0 Å². The summed E-state index contributed by atoms with van der Waals surface area (Å²) in [6.45, 7) is 1.57. The molecule has 0 saturated carbocycles. The van der Waals surface area contributed by atoms with Crippen LogP contribution >= 0.6 is 11.3 Å². The number of hydrogen-bond donors (Lipinski definition) is 2. The van der Waals surface area contributed by atoms with Gasteiger partial charge >= 0.3 is 0 Å². The molecule has 146 valence electrons. The standard InChI is InChI=1S/C21H20N6OS/c28-20(14-6-10-27(11-7-14)21-22-8-2-9-23-21)24-15-4-5-16-17(13-15)26-19(25-16)18-3-1-12-29-18/h1-5,8-9,12-14H,6-7,10-11H2,(H,24,28)(H,25,26). The van der Waals surface area contributed by atoms with Gasteiger partial charge in [-0.05, 0) is 48.6 Å². The number of rotatable bonds is 4. The topological polar surface area (TPSA) is 86.8 Å². The highest BCUT2D eigenvalue weighted by Gasteiger charge is 2.26. The molecule has 0 bridgehead atoms. The second kappa shape index (κ2) is 7.63. The van der Waals surface area contributed by atoms with Crippen molar-refractivity contribution in [2.24, 2.45) is 5.92 Å². The molecule has 1 aromatic carbocycles. The summed E-state index contributed by atoms with van der Waals surface area (Å²) in [6, 6.07) is 11.7. The monoisotopic (exact) mass is 404 g/mol. The maximum Gasteiger partial charge on any atom is 0.227 e. The predicted octanol–water partition coefficient (Wildman–Crippen LogP) is 3.94. The summed E-state index contributed by atoms with van der Waals surface area (Å²) >= 11 is 1.65. The summed E-state index contributed by atoms with van der Waals surface area (Å²) in [4.78, 5) is 32.5. The van der Waals surface area contributed by atoms with Gasteiger partial charge < -0.3 is 15.2 Å². The number of H-pyrrole nitrogens is 1. The summed E-state index contributed by atoms with van der Waals surface area (Å²) in [7, 11) is 0. The fourth-order valence-corrected chi connectivity index (χ4v) is 4.33. The third-order valence-electron chi connectivity index (χ3n) is 5.20. The first-order chi connectivity index (χ1) is 14.3. The Balaban J connectivity index is 1.24. The number of amides is 1. The van der Waals surface area contributed by atoms with E-state index in [4.69, 9.17) is 0 Å². The number of piperidine rings is 1. The normalized spacial score (nSPS) is 15.0. The van der Waals surface area contributed by atoms with Crippen molar-refractivity contribution in [1.29, 1.82) is 0 Å². The molecule has 29 heavy (non-hydrogen) atoms. The minimum Gasteiger partial charge on any atom is -0.341 e. The third-order valence-corrected chi connectivity index (χ3v) is 6.08. The smallest absolute Gasteiger partial charge is 0.227 e. The molecule has 0 radical (unpaired) electrons. The average molecular weight is 404 g/mol. The van der Waals surface area contributed by atoms with Crippen LogP contribution in [-0.2, 0) is 4.79 Å². The minimum absolute atomic E-state index is 0.00546. The van der Waals surface area contributed by atoms with Crippen molar-refractivity contribution in [1.82, 2.24) is 19.9 Å². The van der Waals surface area contributed by atoms with Gasteiger partial charge in [-0.2, -0.15) is 0 Å². The quantitative estimate of drug-likeness (QED) is 0.538. The van der Waals surface area contributed by atoms with Crippen LogP contribution in [0.3, 0.4) is 0 Å². The van der Waals surface area contributed by atoms with E-state index in [1.54, 1.807) is 23.7 Å². The predicted molar refractivity (Wildman–Crippen MR) is 115 cm³/mol. The van der Waals surface area contributed by atoms with Gasteiger partial charge in [-0.3, -0.25) is 4.79 Å². The Morgan fingerprint density at radius 3 is 2.72 bits per heavy atom. The Labute approximate surface area is 171 Å². The van der Waals surface area contributed by atoms with Crippen LogP contribution in [0.25, 0.3) is 21.7 Å². The van der Waals surface area contributed by atoms with Crippen LogP contribution in [0.4, 0.5) is 11.6 Å². The van der Waals surface area contributed by atoms with Crippen molar-refractivity contribution in [2.75, 3.05) is 23.3 Å². The van der Waals surface area contributed by atoms with Gasteiger partial charge in [-0.25, -0.2) is 15.0 Å². The van der Waals surface area contributed by atoms with Gasteiger partial charge in [-0.15, -0.1) is 11.3 Å². The number of carbonyl (C=O) groups excluding carboxylic acids is 1. The van der Waals surface area contributed by atoms with E-state index in [2.05, 4.69) is 30.2 Å². The van der Waals surface area contributed by atoms with Crippen LogP contribution < -0.4 is 10.2 Å². The number of aromatic amines is 1. The minimum atomic E-state index is -0.00546. The van der Waals surface area contributed by atoms with E-state index in [1.165, 1.54) is 0 Å². The van der Waals surface area contributed by atoms with E-state index in [0.717, 1.165) is 59.3 Å². The molecule has 0 unspecified atom stereocenters. The number of benzene rings is 1. The zero-order chi connectivity index (χ0) is 19.6. The fraction of sp³-hybridized carbons (Fsp3) is 0.238. The molecule has 4 aromatic rings. The number of carbonyl (C=O) groups is 1. The second-order valence-corrected chi connectivity index (χ2v) is 8.04. The molecule has 5 rings (SSSR count). The summed E-state index contributed by atoms with van der Waals surface area (Å²) in [5, 5.41) is 5.10. The molecule has 0 aliphatic carbocycles. The van der Waals surface area contributed by atoms with Gasteiger partial charge in [0.15, 0.2) is 0 Å². The van der Waals surface area contributed by atoms with Crippen molar-refractivity contribution < 1.29 is 4.79 Å². The number of aromatic nitrogens is 4. The summed E-state index contributed by atoms with van der Waals surface area (Å²) in [5.41, 5.74) is 2.60. The SMILES string of the molecule is O=C(Nc1ccc2nc(-c3cccs3)[nH]c2c1)C1CCN(c2ncccn2)CC1. The zero-order valence-corrected chi connectivity index (χ0v) is 16.5. The van der Waals surface area contributed by atoms with Gasteiger partial charge in [-0.1, -0.05) is 6.07 Å². The number of imidazole rings is 1. The maximum absolute atomic E-state index is 12.8. The summed E-state index contributed by atoms with van der Waals surface area (Å²) in [5.74, 6) is 1.65. The van der Waals surface area contributed by atoms with Crippen molar-refractivity contribution in [3.8, 4) is 10.7 Å². The van der Waals surface area contributed by atoms with E-state index in [-0.39, 0.29) is 11.8 Å². The number of nitrogens with zero attached hydrogens (tertiary/aromatic N) is 4. The summed E-state index contributed by atoms with van der Waals surface area (Å²) in [6.07, 6.45) is 5.07. The van der Waals surface area contributed by atoms with Crippen LogP contribution in [0.15, 0.2) is 54.2 Å². The molecule has 1 amide bonds.